The molecule has 0 saturated heterocycles. The average Bonchev–Trinajstić information content (AvgIpc) is 3.21. The average molecular weight is 348 g/mol. The number of hydrogen-bond donors (Lipinski definition) is 1. The minimum atomic E-state index is -0.251. The van der Waals surface area contributed by atoms with Crippen LogP contribution in [-0.2, 0) is 6.54 Å². The van der Waals surface area contributed by atoms with Gasteiger partial charge in [0.15, 0.2) is 0 Å². The molecule has 3 rings (SSSR count). The molecule has 5 nitrogen and oxygen atoms in total. The van der Waals surface area contributed by atoms with Crippen molar-refractivity contribution >= 4 is 17.5 Å². The first-order valence-electron chi connectivity index (χ1n) is 8.46. The Hall–Kier alpha value is -3.34. The molecule has 0 fully saturated rings. The van der Waals surface area contributed by atoms with Crippen LogP contribution in [0.15, 0.2) is 77.4 Å². The first-order valence-corrected chi connectivity index (χ1v) is 8.46. The number of anilines is 1. The summed E-state index contributed by atoms with van der Waals surface area (Å²) >= 11 is 0. The molecule has 3 aromatic rings. The second-order valence-corrected chi connectivity index (χ2v) is 5.73. The van der Waals surface area contributed by atoms with Gasteiger partial charge in [0.25, 0.3) is 11.8 Å². The van der Waals surface area contributed by atoms with Gasteiger partial charge in [0.1, 0.15) is 5.76 Å². The molecular weight excluding hydrogens is 328 g/mol. The minimum Gasteiger partial charge on any atom is -0.467 e. The predicted molar refractivity (Wildman–Crippen MR) is 100 cm³/mol. The Morgan fingerprint density at radius 2 is 1.73 bits per heavy atom. The SMILES string of the molecule is CCN(C(=O)c1cccc(C(=O)NCc2ccco2)c1)c1ccccc1. The molecule has 2 amide bonds. The number of para-hydroxylation sites is 1. The number of hydrogen-bond acceptors (Lipinski definition) is 3. The Kier molecular flexibility index (Phi) is 5.49. The normalized spacial score (nSPS) is 10.3. The third kappa shape index (κ3) is 4.00. The van der Waals surface area contributed by atoms with Crippen LogP contribution in [-0.4, -0.2) is 18.4 Å². The molecule has 0 unspecified atom stereocenters. The lowest BCUT2D eigenvalue weighted by Gasteiger charge is -2.21. The van der Waals surface area contributed by atoms with Gasteiger partial charge in [0, 0.05) is 23.4 Å². The highest BCUT2D eigenvalue weighted by atomic mass is 16.3. The smallest absolute Gasteiger partial charge is 0.258 e. The number of amides is 2. The van der Waals surface area contributed by atoms with E-state index in [0.717, 1.165) is 5.69 Å². The maximum atomic E-state index is 12.9. The number of carbonyl (C=O) groups is 2. The van der Waals surface area contributed by atoms with Crippen molar-refractivity contribution in [1.29, 1.82) is 0 Å². The van der Waals surface area contributed by atoms with Crippen LogP contribution in [0.25, 0.3) is 0 Å². The van der Waals surface area contributed by atoms with E-state index < -0.39 is 0 Å². The zero-order chi connectivity index (χ0) is 18.4. The molecule has 1 heterocycles. The number of rotatable bonds is 6. The number of nitrogens with one attached hydrogen (secondary N) is 1. The molecule has 132 valence electrons. The zero-order valence-electron chi connectivity index (χ0n) is 14.5. The van der Waals surface area contributed by atoms with Crippen LogP contribution in [0.4, 0.5) is 5.69 Å². The highest BCUT2D eigenvalue weighted by molar-refractivity contribution is 6.07. The lowest BCUT2D eigenvalue weighted by Crippen LogP contribution is -2.31. The van der Waals surface area contributed by atoms with E-state index in [0.29, 0.717) is 30.0 Å². The molecule has 0 radical (unpaired) electrons. The van der Waals surface area contributed by atoms with Crippen LogP contribution in [0.1, 0.15) is 33.4 Å². The summed E-state index contributed by atoms with van der Waals surface area (Å²) in [4.78, 5) is 26.9. The molecule has 0 saturated carbocycles. The number of benzene rings is 2. The van der Waals surface area contributed by atoms with E-state index in [4.69, 9.17) is 4.42 Å². The van der Waals surface area contributed by atoms with Gasteiger partial charge in [-0.3, -0.25) is 9.59 Å². The van der Waals surface area contributed by atoms with Crippen molar-refractivity contribution in [3.63, 3.8) is 0 Å². The Bertz CT molecular complexity index is 873. The maximum absolute atomic E-state index is 12.9. The van der Waals surface area contributed by atoms with Gasteiger partial charge in [-0.2, -0.15) is 0 Å². The molecule has 5 heteroatoms. The van der Waals surface area contributed by atoms with Crippen LogP contribution in [0, 0.1) is 0 Å². The van der Waals surface area contributed by atoms with E-state index in [1.165, 1.54) is 0 Å². The summed E-state index contributed by atoms with van der Waals surface area (Å²) in [6.45, 7) is 2.76. The molecule has 1 N–H and O–H groups in total. The Labute approximate surface area is 152 Å². The predicted octanol–water partition coefficient (Wildman–Crippen LogP) is 3.88. The van der Waals surface area contributed by atoms with Gasteiger partial charge in [-0.15, -0.1) is 0 Å². The van der Waals surface area contributed by atoms with Gasteiger partial charge in [-0.25, -0.2) is 0 Å². The third-order valence-corrected chi connectivity index (χ3v) is 4.00. The van der Waals surface area contributed by atoms with Crippen molar-refractivity contribution in [3.05, 3.63) is 89.9 Å². The lowest BCUT2D eigenvalue weighted by molar-refractivity contribution is 0.0948. The molecule has 0 aliphatic heterocycles. The lowest BCUT2D eigenvalue weighted by atomic mass is 10.1. The molecule has 0 atom stereocenters. The molecule has 1 aromatic heterocycles. The first-order chi connectivity index (χ1) is 12.7. The standard InChI is InChI=1S/C21H20N2O3/c1-2-23(18-10-4-3-5-11-18)21(25)17-9-6-8-16(14-17)20(24)22-15-19-12-7-13-26-19/h3-14H,2,15H2,1H3,(H,22,24). The van der Waals surface area contributed by atoms with Crippen LogP contribution in [0.2, 0.25) is 0 Å². The summed E-state index contributed by atoms with van der Waals surface area (Å²) in [5, 5.41) is 2.78. The van der Waals surface area contributed by atoms with E-state index in [-0.39, 0.29) is 11.8 Å². The second kappa shape index (κ2) is 8.16. The van der Waals surface area contributed by atoms with Crippen molar-refractivity contribution in [2.45, 2.75) is 13.5 Å². The Balaban J connectivity index is 1.75. The largest absolute Gasteiger partial charge is 0.467 e. The fraction of sp³-hybridized carbons (Fsp3) is 0.143. The minimum absolute atomic E-state index is 0.139. The van der Waals surface area contributed by atoms with Crippen molar-refractivity contribution in [1.82, 2.24) is 5.32 Å². The fourth-order valence-corrected chi connectivity index (χ4v) is 2.68. The van der Waals surface area contributed by atoms with Crippen molar-refractivity contribution < 1.29 is 14.0 Å². The van der Waals surface area contributed by atoms with Crippen LogP contribution < -0.4 is 10.2 Å². The molecular formula is C21H20N2O3. The summed E-state index contributed by atoms with van der Waals surface area (Å²) in [6, 6.07) is 19.8. The first kappa shape index (κ1) is 17.5. The Morgan fingerprint density at radius 3 is 2.42 bits per heavy atom. The van der Waals surface area contributed by atoms with E-state index in [1.807, 2.05) is 37.3 Å². The highest BCUT2D eigenvalue weighted by Gasteiger charge is 2.17. The van der Waals surface area contributed by atoms with Crippen molar-refractivity contribution in [2.24, 2.45) is 0 Å². The van der Waals surface area contributed by atoms with Gasteiger partial charge in [0.2, 0.25) is 0 Å². The topological polar surface area (TPSA) is 62.6 Å². The van der Waals surface area contributed by atoms with Gasteiger partial charge in [0.05, 0.1) is 12.8 Å². The second-order valence-electron chi connectivity index (χ2n) is 5.73. The van der Waals surface area contributed by atoms with Crippen LogP contribution >= 0.6 is 0 Å². The summed E-state index contributed by atoms with van der Waals surface area (Å²) in [6.07, 6.45) is 1.56. The molecule has 0 aliphatic rings. The van der Waals surface area contributed by atoms with Crippen LogP contribution in [0.3, 0.4) is 0 Å². The zero-order valence-corrected chi connectivity index (χ0v) is 14.5. The van der Waals surface area contributed by atoms with Crippen molar-refractivity contribution in [2.75, 3.05) is 11.4 Å². The number of nitrogens with zero attached hydrogens (tertiary/aromatic N) is 1. The third-order valence-electron chi connectivity index (χ3n) is 4.00. The van der Waals surface area contributed by atoms with Gasteiger partial charge in [-0.1, -0.05) is 24.3 Å². The monoisotopic (exact) mass is 348 g/mol. The van der Waals surface area contributed by atoms with Gasteiger partial charge in [-0.05, 0) is 49.4 Å². The summed E-state index contributed by atoms with van der Waals surface area (Å²) in [5.41, 5.74) is 1.74. The molecule has 26 heavy (non-hydrogen) atoms. The summed E-state index contributed by atoms with van der Waals surface area (Å²) < 4.78 is 5.20. The number of carbonyl (C=O) groups excluding carboxylic acids is 2. The fourth-order valence-electron chi connectivity index (χ4n) is 2.68. The van der Waals surface area contributed by atoms with E-state index in [9.17, 15) is 9.59 Å². The van der Waals surface area contributed by atoms with Crippen molar-refractivity contribution in [3.8, 4) is 0 Å². The van der Waals surface area contributed by atoms with Gasteiger partial charge < -0.3 is 14.6 Å². The van der Waals surface area contributed by atoms with Crippen LogP contribution in [0.5, 0.6) is 0 Å². The molecule has 0 spiro atoms. The quantitative estimate of drug-likeness (QED) is 0.735. The number of furan rings is 1. The Morgan fingerprint density at radius 1 is 0.962 bits per heavy atom. The highest BCUT2D eigenvalue weighted by Crippen LogP contribution is 2.17. The summed E-state index contributed by atoms with van der Waals surface area (Å²) in [5.74, 6) is 0.282. The van der Waals surface area contributed by atoms with E-state index in [2.05, 4.69) is 5.32 Å². The van der Waals surface area contributed by atoms with E-state index >= 15 is 0 Å². The maximum Gasteiger partial charge on any atom is 0.258 e. The van der Waals surface area contributed by atoms with E-state index in [1.54, 1.807) is 47.6 Å². The molecule has 0 aliphatic carbocycles. The molecule has 2 aromatic carbocycles. The van der Waals surface area contributed by atoms with Gasteiger partial charge >= 0.3 is 0 Å². The summed E-state index contributed by atoms with van der Waals surface area (Å²) in [7, 11) is 0. The molecule has 0 bridgehead atoms.